The first kappa shape index (κ1) is 11.2. The molecule has 1 aliphatic carbocycles. The van der Waals surface area contributed by atoms with Crippen molar-refractivity contribution in [2.24, 2.45) is 0 Å². The van der Waals surface area contributed by atoms with Crippen LogP contribution >= 0.6 is 0 Å². The number of nitrogens with zero attached hydrogens (tertiary/aromatic N) is 2. The number of hydrogen-bond donors (Lipinski definition) is 1. The third-order valence-electron chi connectivity index (χ3n) is 3.43. The standard InChI is InChI=1S/C12H18N2O2/c1-9(12(15)16)11-7-14(8-13-11)10-5-3-2-4-6-10/h7-10H,2-6H2,1H3,(H,15,16). The van der Waals surface area contributed by atoms with Gasteiger partial charge in [0.05, 0.1) is 17.9 Å². The van der Waals surface area contributed by atoms with Crippen molar-refractivity contribution in [2.45, 2.75) is 51.0 Å². The van der Waals surface area contributed by atoms with Gasteiger partial charge in [-0.15, -0.1) is 0 Å². The van der Waals surface area contributed by atoms with Crippen molar-refractivity contribution in [3.8, 4) is 0 Å². The maximum atomic E-state index is 10.8. The topological polar surface area (TPSA) is 55.1 Å². The maximum Gasteiger partial charge on any atom is 0.312 e. The predicted molar refractivity (Wildman–Crippen MR) is 60.4 cm³/mol. The zero-order chi connectivity index (χ0) is 11.5. The minimum atomic E-state index is -0.811. The average molecular weight is 222 g/mol. The van der Waals surface area contributed by atoms with Gasteiger partial charge >= 0.3 is 5.97 Å². The highest BCUT2D eigenvalue weighted by Crippen LogP contribution is 2.28. The lowest BCUT2D eigenvalue weighted by atomic mass is 9.95. The highest BCUT2D eigenvalue weighted by atomic mass is 16.4. The van der Waals surface area contributed by atoms with Crippen molar-refractivity contribution < 1.29 is 9.90 Å². The lowest BCUT2D eigenvalue weighted by molar-refractivity contribution is -0.138. The summed E-state index contributed by atoms with van der Waals surface area (Å²) < 4.78 is 2.09. The molecule has 1 heterocycles. The first-order valence-corrected chi connectivity index (χ1v) is 5.94. The summed E-state index contributed by atoms with van der Waals surface area (Å²) in [5.74, 6) is -1.32. The molecule has 1 aromatic heterocycles. The highest BCUT2D eigenvalue weighted by Gasteiger charge is 2.19. The number of aromatic nitrogens is 2. The Balaban J connectivity index is 2.09. The van der Waals surface area contributed by atoms with Crippen molar-refractivity contribution >= 4 is 5.97 Å². The zero-order valence-corrected chi connectivity index (χ0v) is 9.59. The van der Waals surface area contributed by atoms with Crippen LogP contribution < -0.4 is 0 Å². The van der Waals surface area contributed by atoms with E-state index in [-0.39, 0.29) is 0 Å². The SMILES string of the molecule is CC(C(=O)O)c1cn(C2CCCCC2)cn1. The van der Waals surface area contributed by atoms with Crippen LogP contribution in [0.2, 0.25) is 0 Å². The minimum absolute atomic E-state index is 0.509. The number of aliphatic carboxylic acids is 1. The van der Waals surface area contributed by atoms with Gasteiger partial charge in [-0.1, -0.05) is 19.3 Å². The van der Waals surface area contributed by atoms with Gasteiger partial charge in [-0.3, -0.25) is 4.79 Å². The molecule has 1 aromatic rings. The third kappa shape index (κ3) is 2.26. The van der Waals surface area contributed by atoms with Gasteiger partial charge in [-0.05, 0) is 19.8 Å². The first-order chi connectivity index (χ1) is 7.68. The molecule has 1 atom stereocenters. The van der Waals surface area contributed by atoms with Gasteiger partial charge in [0.15, 0.2) is 0 Å². The van der Waals surface area contributed by atoms with Crippen molar-refractivity contribution in [3.63, 3.8) is 0 Å². The molecule has 1 aliphatic rings. The molecule has 1 unspecified atom stereocenters. The van der Waals surface area contributed by atoms with Crippen LogP contribution in [0.15, 0.2) is 12.5 Å². The lowest BCUT2D eigenvalue weighted by Gasteiger charge is -2.22. The number of hydrogen-bond acceptors (Lipinski definition) is 2. The largest absolute Gasteiger partial charge is 0.481 e. The molecule has 0 radical (unpaired) electrons. The van der Waals surface area contributed by atoms with Crippen LogP contribution in [0.1, 0.15) is 56.7 Å². The summed E-state index contributed by atoms with van der Waals surface area (Å²) in [6, 6.07) is 0.524. The Morgan fingerprint density at radius 3 is 2.81 bits per heavy atom. The van der Waals surface area contributed by atoms with Crippen LogP contribution in [-0.2, 0) is 4.79 Å². The Hall–Kier alpha value is -1.32. The van der Waals surface area contributed by atoms with Gasteiger partial charge in [0.2, 0.25) is 0 Å². The second-order valence-electron chi connectivity index (χ2n) is 4.60. The Morgan fingerprint density at radius 2 is 2.19 bits per heavy atom. The Morgan fingerprint density at radius 1 is 1.50 bits per heavy atom. The van der Waals surface area contributed by atoms with Crippen molar-refractivity contribution in [1.29, 1.82) is 0 Å². The van der Waals surface area contributed by atoms with Gasteiger partial charge in [-0.2, -0.15) is 0 Å². The summed E-state index contributed by atoms with van der Waals surface area (Å²) >= 11 is 0. The molecule has 16 heavy (non-hydrogen) atoms. The summed E-state index contributed by atoms with van der Waals surface area (Å²) in [6.45, 7) is 1.68. The molecular formula is C12H18N2O2. The summed E-state index contributed by atoms with van der Waals surface area (Å²) in [5, 5.41) is 8.91. The summed E-state index contributed by atoms with van der Waals surface area (Å²) in [4.78, 5) is 15.0. The van der Waals surface area contributed by atoms with E-state index in [0.717, 1.165) is 0 Å². The number of imidazole rings is 1. The van der Waals surface area contributed by atoms with E-state index in [9.17, 15) is 4.79 Å². The van der Waals surface area contributed by atoms with E-state index in [0.29, 0.717) is 11.7 Å². The second-order valence-corrected chi connectivity index (χ2v) is 4.60. The fourth-order valence-corrected chi connectivity index (χ4v) is 2.28. The quantitative estimate of drug-likeness (QED) is 0.855. The van der Waals surface area contributed by atoms with Crippen molar-refractivity contribution in [2.75, 3.05) is 0 Å². The average Bonchev–Trinajstić information content (AvgIpc) is 2.78. The third-order valence-corrected chi connectivity index (χ3v) is 3.43. The molecule has 1 saturated carbocycles. The summed E-state index contributed by atoms with van der Waals surface area (Å²) in [7, 11) is 0. The molecular weight excluding hydrogens is 204 g/mol. The molecule has 0 aromatic carbocycles. The molecule has 88 valence electrons. The molecule has 0 aliphatic heterocycles. The number of rotatable bonds is 3. The van der Waals surface area contributed by atoms with Gasteiger partial charge in [-0.25, -0.2) is 4.98 Å². The van der Waals surface area contributed by atoms with E-state index in [1.807, 2.05) is 6.20 Å². The second kappa shape index (κ2) is 4.68. The predicted octanol–water partition coefficient (Wildman–Crippen LogP) is 2.58. The fraction of sp³-hybridized carbons (Fsp3) is 0.667. The van der Waals surface area contributed by atoms with E-state index >= 15 is 0 Å². The van der Waals surface area contributed by atoms with E-state index in [1.54, 1.807) is 13.3 Å². The fourth-order valence-electron chi connectivity index (χ4n) is 2.28. The van der Waals surface area contributed by atoms with E-state index in [4.69, 9.17) is 5.11 Å². The molecule has 1 fully saturated rings. The normalized spacial score (nSPS) is 19.6. The lowest BCUT2D eigenvalue weighted by Crippen LogP contribution is -2.11. The molecule has 0 spiro atoms. The van der Waals surface area contributed by atoms with Crippen LogP contribution in [0.5, 0.6) is 0 Å². The van der Waals surface area contributed by atoms with Gasteiger partial charge in [0.1, 0.15) is 0 Å². The van der Waals surface area contributed by atoms with Crippen LogP contribution in [0.3, 0.4) is 0 Å². The zero-order valence-electron chi connectivity index (χ0n) is 9.59. The monoisotopic (exact) mass is 222 g/mol. The van der Waals surface area contributed by atoms with Crippen molar-refractivity contribution in [3.05, 3.63) is 18.2 Å². The highest BCUT2D eigenvalue weighted by molar-refractivity contribution is 5.74. The van der Waals surface area contributed by atoms with Gasteiger partial charge in [0.25, 0.3) is 0 Å². The number of carboxylic acid groups (broad SMARTS) is 1. The molecule has 4 heteroatoms. The Bertz CT molecular complexity index is 367. The van der Waals surface area contributed by atoms with Gasteiger partial charge in [0, 0.05) is 12.2 Å². The van der Waals surface area contributed by atoms with E-state index in [1.165, 1.54) is 32.1 Å². The van der Waals surface area contributed by atoms with E-state index in [2.05, 4.69) is 9.55 Å². The smallest absolute Gasteiger partial charge is 0.312 e. The Labute approximate surface area is 95.3 Å². The van der Waals surface area contributed by atoms with Crippen LogP contribution in [0.4, 0.5) is 0 Å². The molecule has 2 rings (SSSR count). The first-order valence-electron chi connectivity index (χ1n) is 5.94. The molecule has 4 nitrogen and oxygen atoms in total. The van der Waals surface area contributed by atoms with Crippen LogP contribution in [0, 0.1) is 0 Å². The molecule has 0 amide bonds. The minimum Gasteiger partial charge on any atom is -0.481 e. The Kier molecular flexibility index (Phi) is 3.27. The number of carbonyl (C=O) groups is 1. The summed E-state index contributed by atoms with van der Waals surface area (Å²) in [5.41, 5.74) is 0.665. The maximum absolute atomic E-state index is 10.8. The van der Waals surface area contributed by atoms with Crippen LogP contribution in [-0.4, -0.2) is 20.6 Å². The molecule has 0 saturated heterocycles. The summed E-state index contributed by atoms with van der Waals surface area (Å²) in [6.07, 6.45) is 9.93. The van der Waals surface area contributed by atoms with Crippen molar-refractivity contribution in [1.82, 2.24) is 9.55 Å². The van der Waals surface area contributed by atoms with E-state index < -0.39 is 11.9 Å². The number of carboxylic acids is 1. The molecule has 1 N–H and O–H groups in total. The van der Waals surface area contributed by atoms with Crippen LogP contribution in [0.25, 0.3) is 0 Å². The molecule has 0 bridgehead atoms. The van der Waals surface area contributed by atoms with Gasteiger partial charge < -0.3 is 9.67 Å².